The van der Waals surface area contributed by atoms with E-state index in [0.717, 1.165) is 50.2 Å². The van der Waals surface area contributed by atoms with E-state index in [2.05, 4.69) is 193 Å². The van der Waals surface area contributed by atoms with Gasteiger partial charge in [0.1, 0.15) is 5.52 Å². The molecular weight excluding hydrogens is 689 g/mol. The van der Waals surface area contributed by atoms with Gasteiger partial charge in [-0.3, -0.25) is 0 Å². The van der Waals surface area contributed by atoms with Crippen LogP contribution in [0.4, 0.5) is 17.1 Å². The second-order valence-corrected chi connectivity index (χ2v) is 15.1. The van der Waals surface area contributed by atoms with E-state index in [0.29, 0.717) is 5.89 Å². The normalized spacial score (nSPS) is 11.6. The minimum atomic E-state index is 0.625. The van der Waals surface area contributed by atoms with Crippen molar-refractivity contribution < 1.29 is 4.42 Å². The second-order valence-electron chi connectivity index (χ2n) is 14.0. The number of para-hydroxylation sites is 1. The van der Waals surface area contributed by atoms with Gasteiger partial charge >= 0.3 is 0 Å². The molecule has 2 aromatic heterocycles. The highest BCUT2D eigenvalue weighted by atomic mass is 32.1. The van der Waals surface area contributed by atoms with Gasteiger partial charge in [0.25, 0.3) is 0 Å². The number of rotatable bonds is 6. The summed E-state index contributed by atoms with van der Waals surface area (Å²) in [6.45, 7) is 0. The van der Waals surface area contributed by atoms with Crippen LogP contribution >= 0.6 is 11.3 Å². The lowest BCUT2D eigenvalue weighted by atomic mass is 10.0. The molecule has 9 aromatic carbocycles. The summed E-state index contributed by atoms with van der Waals surface area (Å²) in [6.07, 6.45) is 0. The number of fused-ring (bicyclic) bond motifs is 6. The Labute approximate surface area is 322 Å². The minimum Gasteiger partial charge on any atom is -0.435 e. The van der Waals surface area contributed by atoms with E-state index in [4.69, 9.17) is 9.40 Å². The molecule has 0 radical (unpaired) electrons. The van der Waals surface area contributed by atoms with Crippen LogP contribution in [0, 0.1) is 0 Å². The zero-order chi connectivity index (χ0) is 36.3. The van der Waals surface area contributed by atoms with Crippen molar-refractivity contribution in [3.63, 3.8) is 0 Å². The van der Waals surface area contributed by atoms with E-state index in [-0.39, 0.29) is 0 Å². The Balaban J connectivity index is 0.986. The van der Waals surface area contributed by atoms with E-state index in [1.54, 1.807) is 0 Å². The van der Waals surface area contributed by atoms with Gasteiger partial charge < -0.3 is 9.32 Å². The molecule has 0 fully saturated rings. The number of nitrogens with zero attached hydrogens (tertiary/aromatic N) is 2. The van der Waals surface area contributed by atoms with Gasteiger partial charge in [-0.25, -0.2) is 4.98 Å². The molecule has 0 saturated heterocycles. The molecule has 11 aromatic rings. The van der Waals surface area contributed by atoms with Gasteiger partial charge in [-0.15, -0.1) is 11.3 Å². The zero-order valence-corrected chi connectivity index (χ0v) is 30.5. The largest absolute Gasteiger partial charge is 0.435 e. The van der Waals surface area contributed by atoms with Crippen LogP contribution in [0.15, 0.2) is 199 Å². The molecule has 0 spiro atoms. The molecule has 3 nitrogen and oxygen atoms in total. The number of hydrogen-bond acceptors (Lipinski definition) is 4. The molecule has 55 heavy (non-hydrogen) atoms. The summed E-state index contributed by atoms with van der Waals surface area (Å²) in [5.74, 6) is 0.625. The predicted molar refractivity (Wildman–Crippen MR) is 233 cm³/mol. The molecule has 0 aliphatic carbocycles. The van der Waals surface area contributed by atoms with E-state index in [1.165, 1.54) is 47.5 Å². The first kappa shape index (κ1) is 31.5. The van der Waals surface area contributed by atoms with E-state index >= 15 is 0 Å². The molecule has 4 heteroatoms. The Bertz CT molecular complexity index is 3210. The maximum Gasteiger partial charge on any atom is 0.227 e. The summed E-state index contributed by atoms with van der Waals surface area (Å²) in [5.41, 5.74) is 10.4. The summed E-state index contributed by atoms with van der Waals surface area (Å²) < 4.78 is 9.09. The van der Waals surface area contributed by atoms with Gasteiger partial charge in [-0.05, 0) is 105 Å². The van der Waals surface area contributed by atoms with Crippen molar-refractivity contribution in [3.05, 3.63) is 194 Å². The van der Waals surface area contributed by atoms with Crippen molar-refractivity contribution in [2.24, 2.45) is 0 Å². The Morgan fingerprint density at radius 2 is 0.982 bits per heavy atom. The van der Waals surface area contributed by atoms with Crippen LogP contribution in [0.2, 0.25) is 0 Å². The molecule has 2 heterocycles. The Kier molecular flexibility index (Phi) is 7.35. The topological polar surface area (TPSA) is 29.3 Å². The molecule has 0 aliphatic heterocycles. The van der Waals surface area contributed by atoms with E-state index in [1.807, 2.05) is 17.4 Å². The number of hydrogen-bond donors (Lipinski definition) is 0. The minimum absolute atomic E-state index is 0.625. The molecule has 11 rings (SSSR count). The average Bonchev–Trinajstić information content (AvgIpc) is 3.86. The number of aromatic nitrogens is 1. The first-order valence-corrected chi connectivity index (χ1v) is 19.3. The first-order chi connectivity index (χ1) is 27.2. The maximum absolute atomic E-state index is 6.52. The second kappa shape index (κ2) is 12.8. The summed E-state index contributed by atoms with van der Waals surface area (Å²) in [7, 11) is 0. The van der Waals surface area contributed by atoms with Crippen LogP contribution in [0.25, 0.3) is 86.5 Å². The summed E-state index contributed by atoms with van der Waals surface area (Å²) in [6, 6.07) is 69.4. The molecular formula is C51H32N2OS. The molecule has 0 aliphatic rings. The van der Waals surface area contributed by atoms with Gasteiger partial charge in [0, 0.05) is 48.4 Å². The lowest BCUT2D eigenvalue weighted by Crippen LogP contribution is -2.09. The van der Waals surface area contributed by atoms with Gasteiger partial charge in [0.05, 0.1) is 0 Å². The van der Waals surface area contributed by atoms with Gasteiger partial charge in [-0.2, -0.15) is 0 Å². The average molecular weight is 721 g/mol. The fraction of sp³-hybridized carbons (Fsp3) is 0. The Hall–Kier alpha value is -7.01. The van der Waals surface area contributed by atoms with Gasteiger partial charge in [0.2, 0.25) is 5.89 Å². The molecule has 0 atom stereocenters. The summed E-state index contributed by atoms with van der Waals surface area (Å²) >= 11 is 1.84. The number of thiophene rings is 1. The summed E-state index contributed by atoms with van der Waals surface area (Å²) in [5, 5.41) is 7.44. The quantitative estimate of drug-likeness (QED) is 0.171. The number of anilines is 3. The predicted octanol–water partition coefficient (Wildman–Crippen LogP) is 15.0. The molecule has 0 amide bonds. The summed E-state index contributed by atoms with van der Waals surface area (Å²) in [4.78, 5) is 7.26. The monoisotopic (exact) mass is 720 g/mol. The fourth-order valence-corrected chi connectivity index (χ4v) is 9.02. The van der Waals surface area contributed by atoms with E-state index < -0.39 is 0 Å². The van der Waals surface area contributed by atoms with Crippen molar-refractivity contribution in [1.82, 2.24) is 4.98 Å². The van der Waals surface area contributed by atoms with Crippen molar-refractivity contribution in [2.45, 2.75) is 0 Å². The van der Waals surface area contributed by atoms with Crippen LogP contribution in [-0.4, -0.2) is 4.98 Å². The van der Waals surface area contributed by atoms with Gasteiger partial charge in [-0.1, -0.05) is 127 Å². The SMILES string of the molecule is c1ccc2cc(-c3ccc(N(c4ccc(-c5cccc6nc(-c7ccc8ccccc8c7)oc56)cc4)c4ccc5c(c4)sc4ccccc45)cc3)ccc2c1. The Morgan fingerprint density at radius 1 is 0.400 bits per heavy atom. The molecule has 0 N–H and O–H groups in total. The number of oxazole rings is 1. The third-order valence-corrected chi connectivity index (χ3v) is 11.8. The van der Waals surface area contributed by atoms with Crippen LogP contribution in [0.3, 0.4) is 0 Å². The van der Waals surface area contributed by atoms with Crippen LogP contribution < -0.4 is 4.90 Å². The van der Waals surface area contributed by atoms with Crippen LogP contribution in [0.5, 0.6) is 0 Å². The van der Waals surface area contributed by atoms with Crippen molar-refractivity contribution in [1.29, 1.82) is 0 Å². The highest BCUT2D eigenvalue weighted by Gasteiger charge is 2.18. The molecule has 0 saturated carbocycles. The first-order valence-electron chi connectivity index (χ1n) is 18.5. The maximum atomic E-state index is 6.52. The lowest BCUT2D eigenvalue weighted by molar-refractivity contribution is 0.621. The standard InChI is InChI=1S/C51H32N2OS/c1-3-10-37-30-39(18-16-33(37)8-1)35-20-24-41(25-21-35)53(43-28-29-46-45-12-5-6-15-48(45)55-49(46)32-43)42-26-22-36(23-27-42)44-13-7-14-47-50(44)54-51(52-47)40-19-17-34-9-2-4-11-38(34)31-40/h1-32H. The highest BCUT2D eigenvalue weighted by Crippen LogP contribution is 2.42. The van der Waals surface area contributed by atoms with E-state index in [9.17, 15) is 0 Å². The van der Waals surface area contributed by atoms with Gasteiger partial charge in [0.15, 0.2) is 5.58 Å². The molecule has 258 valence electrons. The molecule has 0 unspecified atom stereocenters. The fourth-order valence-electron chi connectivity index (χ4n) is 7.88. The highest BCUT2D eigenvalue weighted by molar-refractivity contribution is 7.25. The Morgan fingerprint density at radius 3 is 1.73 bits per heavy atom. The molecule has 0 bridgehead atoms. The van der Waals surface area contributed by atoms with Crippen molar-refractivity contribution in [2.75, 3.05) is 4.90 Å². The smallest absolute Gasteiger partial charge is 0.227 e. The third-order valence-electron chi connectivity index (χ3n) is 10.7. The zero-order valence-electron chi connectivity index (χ0n) is 29.7. The van der Waals surface area contributed by atoms with Crippen molar-refractivity contribution in [3.8, 4) is 33.7 Å². The van der Waals surface area contributed by atoms with Crippen LogP contribution in [-0.2, 0) is 0 Å². The van der Waals surface area contributed by atoms with Crippen molar-refractivity contribution >= 4 is 81.2 Å². The lowest BCUT2D eigenvalue weighted by Gasteiger charge is -2.26. The van der Waals surface area contributed by atoms with Crippen LogP contribution in [0.1, 0.15) is 0 Å². The third kappa shape index (κ3) is 5.54. The number of benzene rings is 9.